The van der Waals surface area contributed by atoms with E-state index in [1.165, 1.54) is 22.3 Å². The van der Waals surface area contributed by atoms with Crippen molar-refractivity contribution >= 4 is 12.4 Å². The Labute approximate surface area is 252 Å². The van der Waals surface area contributed by atoms with Gasteiger partial charge in [0.1, 0.15) is 5.54 Å². The van der Waals surface area contributed by atoms with Crippen LogP contribution in [0.3, 0.4) is 0 Å². The molecule has 206 valence electrons. The molecule has 0 fully saturated rings. The van der Waals surface area contributed by atoms with Crippen molar-refractivity contribution in [1.82, 2.24) is 20.0 Å². The zero-order valence-corrected chi connectivity index (χ0v) is 23.8. The summed E-state index contributed by atoms with van der Waals surface area (Å²) >= 11 is 0. The number of nitrogens with one attached hydrogen (secondary N) is 1. The number of hydrogen-bond donors (Lipinski definition) is 1. The number of benzene rings is 5. The summed E-state index contributed by atoms with van der Waals surface area (Å²) < 4.78 is 2.11. The van der Waals surface area contributed by atoms with Crippen molar-refractivity contribution in [3.63, 3.8) is 0 Å². The highest BCUT2D eigenvalue weighted by Gasteiger charge is 2.39. The first-order chi connectivity index (χ1) is 20.4. The van der Waals surface area contributed by atoms with E-state index in [-0.39, 0.29) is 12.4 Å². The van der Waals surface area contributed by atoms with Crippen LogP contribution in [0.4, 0.5) is 0 Å². The first-order valence-electron chi connectivity index (χ1n) is 13.7. The van der Waals surface area contributed by atoms with Crippen LogP contribution in [-0.2, 0) is 5.54 Å². The van der Waals surface area contributed by atoms with E-state index in [1.54, 1.807) is 0 Å². The van der Waals surface area contributed by atoms with E-state index >= 15 is 0 Å². The quantitative estimate of drug-likeness (QED) is 0.204. The highest BCUT2D eigenvalue weighted by molar-refractivity contribution is 5.85. The lowest BCUT2D eigenvalue weighted by molar-refractivity contribution is 0.460. The molecule has 0 saturated carbocycles. The first kappa shape index (κ1) is 28.3. The van der Waals surface area contributed by atoms with Gasteiger partial charge in [-0.2, -0.15) is 10.2 Å². The van der Waals surface area contributed by atoms with E-state index in [0.29, 0.717) is 0 Å². The molecule has 0 spiro atoms. The lowest BCUT2D eigenvalue weighted by Gasteiger charge is -2.36. The molecular formula is C37H31ClN4. The van der Waals surface area contributed by atoms with Crippen molar-refractivity contribution in [2.75, 3.05) is 0 Å². The van der Waals surface area contributed by atoms with Crippen molar-refractivity contribution < 1.29 is 0 Å². The number of halogens is 1. The van der Waals surface area contributed by atoms with E-state index in [0.717, 1.165) is 16.7 Å². The second-order valence-electron chi connectivity index (χ2n) is 9.70. The molecule has 0 radical (unpaired) electrons. The SMILES string of the molecule is Cl.c1ccc(-c2cn[nH]c2)cc1.c1ccc(-c2cnn(C(c3ccccc3)(c3ccccc3)c3ccccc3)c2)cc1. The summed E-state index contributed by atoms with van der Waals surface area (Å²) in [5.41, 5.74) is 7.53. The summed E-state index contributed by atoms with van der Waals surface area (Å²) in [7, 11) is 0. The van der Waals surface area contributed by atoms with Gasteiger partial charge in [-0.05, 0) is 27.8 Å². The van der Waals surface area contributed by atoms with Crippen molar-refractivity contribution in [2.45, 2.75) is 5.54 Å². The van der Waals surface area contributed by atoms with Gasteiger partial charge >= 0.3 is 0 Å². The molecule has 0 saturated heterocycles. The Hall–Kier alpha value is -5.19. The van der Waals surface area contributed by atoms with Crippen molar-refractivity contribution in [3.8, 4) is 22.3 Å². The van der Waals surface area contributed by atoms with Gasteiger partial charge in [0.15, 0.2) is 0 Å². The summed E-state index contributed by atoms with van der Waals surface area (Å²) in [5, 5.41) is 11.6. The molecule has 0 aliphatic heterocycles. The predicted molar refractivity (Wildman–Crippen MR) is 174 cm³/mol. The average molecular weight is 567 g/mol. The van der Waals surface area contributed by atoms with Gasteiger partial charge in [-0.25, -0.2) is 0 Å². The predicted octanol–water partition coefficient (Wildman–Crippen LogP) is 8.89. The van der Waals surface area contributed by atoms with Crippen LogP contribution < -0.4 is 0 Å². The molecule has 7 rings (SSSR count). The zero-order chi connectivity index (χ0) is 27.7. The zero-order valence-electron chi connectivity index (χ0n) is 23.0. The number of hydrogen-bond acceptors (Lipinski definition) is 2. The number of aromatic amines is 1. The van der Waals surface area contributed by atoms with Crippen LogP contribution in [0.25, 0.3) is 22.3 Å². The third-order valence-electron chi connectivity index (χ3n) is 7.21. The molecule has 0 atom stereocenters. The van der Waals surface area contributed by atoms with Gasteiger partial charge in [-0.1, -0.05) is 152 Å². The van der Waals surface area contributed by atoms with Crippen LogP contribution in [0, 0.1) is 0 Å². The molecule has 0 bridgehead atoms. The Bertz CT molecular complexity index is 1650. The van der Waals surface area contributed by atoms with E-state index < -0.39 is 5.54 Å². The molecule has 0 aliphatic rings. The average Bonchev–Trinajstić information content (AvgIpc) is 3.79. The Morgan fingerprint density at radius 2 is 0.857 bits per heavy atom. The monoisotopic (exact) mass is 566 g/mol. The van der Waals surface area contributed by atoms with E-state index in [2.05, 4.69) is 148 Å². The summed E-state index contributed by atoms with van der Waals surface area (Å²) in [5.74, 6) is 0. The molecule has 4 nitrogen and oxygen atoms in total. The van der Waals surface area contributed by atoms with Crippen LogP contribution >= 0.6 is 12.4 Å². The normalized spacial score (nSPS) is 10.7. The lowest BCUT2D eigenvalue weighted by Crippen LogP contribution is -2.38. The molecule has 0 unspecified atom stereocenters. The fourth-order valence-electron chi connectivity index (χ4n) is 5.26. The summed E-state index contributed by atoms with van der Waals surface area (Å²) in [6.45, 7) is 0. The largest absolute Gasteiger partial charge is 0.285 e. The molecule has 2 aromatic heterocycles. The van der Waals surface area contributed by atoms with Gasteiger partial charge in [0, 0.05) is 23.5 Å². The van der Waals surface area contributed by atoms with Gasteiger partial charge in [0.25, 0.3) is 0 Å². The minimum atomic E-state index is -0.573. The van der Waals surface area contributed by atoms with Crippen molar-refractivity contribution in [2.24, 2.45) is 0 Å². The van der Waals surface area contributed by atoms with Gasteiger partial charge in [0.2, 0.25) is 0 Å². The highest BCUT2D eigenvalue weighted by Crippen LogP contribution is 2.41. The maximum atomic E-state index is 4.91. The number of nitrogens with zero attached hydrogens (tertiary/aromatic N) is 3. The molecule has 0 aliphatic carbocycles. The second-order valence-corrected chi connectivity index (χ2v) is 9.70. The van der Waals surface area contributed by atoms with Crippen LogP contribution in [0.2, 0.25) is 0 Å². The summed E-state index contributed by atoms with van der Waals surface area (Å²) in [6.07, 6.45) is 7.81. The van der Waals surface area contributed by atoms with Crippen molar-refractivity contribution in [3.05, 3.63) is 193 Å². The van der Waals surface area contributed by atoms with Crippen LogP contribution in [0.1, 0.15) is 16.7 Å². The second kappa shape index (κ2) is 13.4. The molecule has 42 heavy (non-hydrogen) atoms. The van der Waals surface area contributed by atoms with Crippen LogP contribution in [-0.4, -0.2) is 20.0 Å². The van der Waals surface area contributed by atoms with Gasteiger partial charge in [-0.3, -0.25) is 9.78 Å². The third kappa shape index (κ3) is 5.80. The van der Waals surface area contributed by atoms with E-state index in [4.69, 9.17) is 5.10 Å². The Morgan fingerprint density at radius 3 is 1.26 bits per heavy atom. The Balaban J connectivity index is 0.000000247. The minimum Gasteiger partial charge on any atom is -0.285 e. The molecule has 0 amide bonds. The smallest absolute Gasteiger partial charge is 0.138 e. The lowest BCUT2D eigenvalue weighted by atomic mass is 9.77. The van der Waals surface area contributed by atoms with Gasteiger partial charge < -0.3 is 0 Å². The fraction of sp³-hybridized carbons (Fsp3) is 0.0270. The Kier molecular flexibility index (Phi) is 9.07. The highest BCUT2D eigenvalue weighted by atomic mass is 35.5. The third-order valence-corrected chi connectivity index (χ3v) is 7.21. The molecule has 2 heterocycles. The maximum absolute atomic E-state index is 4.91. The molecule has 5 heteroatoms. The summed E-state index contributed by atoms with van der Waals surface area (Å²) in [4.78, 5) is 0. The summed E-state index contributed by atoms with van der Waals surface area (Å²) in [6, 6.07) is 52.4. The molecule has 7 aromatic rings. The minimum absolute atomic E-state index is 0. The van der Waals surface area contributed by atoms with Crippen LogP contribution in [0.5, 0.6) is 0 Å². The van der Waals surface area contributed by atoms with Gasteiger partial charge in [-0.15, -0.1) is 12.4 Å². The molecular weight excluding hydrogens is 536 g/mol. The molecule has 1 N–H and O–H groups in total. The van der Waals surface area contributed by atoms with Gasteiger partial charge in [0.05, 0.1) is 12.4 Å². The number of H-pyrrole nitrogens is 1. The van der Waals surface area contributed by atoms with E-state index in [1.807, 2.05) is 42.9 Å². The standard InChI is InChI=1S/C28H22N2.C9H8N2.ClH/c1-5-13-23(14-6-1)24-21-29-30(22-24)28(25-15-7-2-8-16-25,26-17-9-3-10-18-26)27-19-11-4-12-20-27;1-2-4-8(5-3-1)9-6-10-11-7-9;/h1-22H;1-7H,(H,10,11);1H. The fourth-order valence-corrected chi connectivity index (χ4v) is 5.26. The topological polar surface area (TPSA) is 46.5 Å². The Morgan fingerprint density at radius 1 is 0.452 bits per heavy atom. The number of rotatable bonds is 6. The van der Waals surface area contributed by atoms with E-state index in [9.17, 15) is 0 Å². The number of aromatic nitrogens is 4. The van der Waals surface area contributed by atoms with Crippen LogP contribution in [0.15, 0.2) is 176 Å². The maximum Gasteiger partial charge on any atom is 0.138 e. The van der Waals surface area contributed by atoms with Crippen molar-refractivity contribution in [1.29, 1.82) is 0 Å². The molecule has 5 aromatic carbocycles. The first-order valence-corrected chi connectivity index (χ1v) is 13.7.